The van der Waals surface area contributed by atoms with E-state index in [0.29, 0.717) is 13.0 Å². The molecule has 0 bridgehead atoms. The molecule has 1 atom stereocenters. The van der Waals surface area contributed by atoms with Crippen molar-refractivity contribution >= 4 is 5.91 Å². The summed E-state index contributed by atoms with van der Waals surface area (Å²) < 4.78 is 0. The number of nitrogens with zero attached hydrogens (tertiary/aromatic N) is 1. The van der Waals surface area contributed by atoms with Crippen LogP contribution in [0.2, 0.25) is 0 Å². The number of nitrogens with two attached hydrogens (primary N) is 1. The summed E-state index contributed by atoms with van der Waals surface area (Å²) in [5, 5.41) is 1.23. The van der Waals surface area contributed by atoms with Crippen molar-refractivity contribution in [3.63, 3.8) is 0 Å². The van der Waals surface area contributed by atoms with E-state index >= 15 is 0 Å². The van der Waals surface area contributed by atoms with Gasteiger partial charge in [-0.15, -0.1) is 12.3 Å². The SMILES string of the molecule is C#CCCN1OCC(N)C1=O. The maximum absolute atomic E-state index is 11.0. The summed E-state index contributed by atoms with van der Waals surface area (Å²) >= 11 is 0. The van der Waals surface area contributed by atoms with E-state index in [1.807, 2.05) is 0 Å². The Kier molecular flexibility index (Phi) is 2.47. The molecule has 1 saturated heterocycles. The molecule has 4 heteroatoms. The molecule has 4 nitrogen and oxygen atoms in total. The molecule has 0 aliphatic carbocycles. The molecule has 11 heavy (non-hydrogen) atoms. The predicted molar refractivity (Wildman–Crippen MR) is 39.1 cm³/mol. The zero-order chi connectivity index (χ0) is 8.27. The van der Waals surface area contributed by atoms with Crippen LogP contribution in [0.3, 0.4) is 0 Å². The van der Waals surface area contributed by atoms with Crippen LogP contribution in [0.4, 0.5) is 0 Å². The van der Waals surface area contributed by atoms with Crippen LogP contribution in [0.15, 0.2) is 0 Å². The Morgan fingerprint density at radius 2 is 2.64 bits per heavy atom. The minimum atomic E-state index is -0.507. The molecule has 1 aliphatic rings. The molecule has 1 unspecified atom stereocenters. The quantitative estimate of drug-likeness (QED) is 0.525. The third-order valence-electron chi connectivity index (χ3n) is 1.43. The van der Waals surface area contributed by atoms with E-state index in [9.17, 15) is 4.79 Å². The predicted octanol–water partition coefficient (Wildman–Crippen LogP) is -0.889. The minimum absolute atomic E-state index is 0.180. The first-order chi connectivity index (χ1) is 5.25. The van der Waals surface area contributed by atoms with Crippen LogP contribution in [-0.2, 0) is 9.63 Å². The van der Waals surface area contributed by atoms with Crippen molar-refractivity contribution in [2.75, 3.05) is 13.2 Å². The Balaban J connectivity index is 2.38. The molecule has 60 valence electrons. The van der Waals surface area contributed by atoms with Crippen LogP contribution in [-0.4, -0.2) is 30.2 Å². The normalized spacial score (nSPS) is 23.8. The van der Waals surface area contributed by atoms with E-state index in [4.69, 9.17) is 17.0 Å². The van der Waals surface area contributed by atoms with Gasteiger partial charge in [-0.1, -0.05) is 0 Å². The first-order valence-corrected chi connectivity index (χ1v) is 3.39. The van der Waals surface area contributed by atoms with E-state index in [2.05, 4.69) is 5.92 Å². The zero-order valence-corrected chi connectivity index (χ0v) is 6.12. The number of rotatable bonds is 2. The molecular formula is C7H10N2O2. The Morgan fingerprint density at radius 1 is 1.91 bits per heavy atom. The van der Waals surface area contributed by atoms with Crippen LogP contribution in [0, 0.1) is 12.3 Å². The van der Waals surface area contributed by atoms with Crippen molar-refractivity contribution in [3.8, 4) is 12.3 Å². The van der Waals surface area contributed by atoms with Gasteiger partial charge in [0.2, 0.25) is 0 Å². The largest absolute Gasteiger partial charge is 0.318 e. The Bertz CT molecular complexity index is 197. The number of terminal acetylenes is 1. The monoisotopic (exact) mass is 154 g/mol. The van der Waals surface area contributed by atoms with Gasteiger partial charge in [0.1, 0.15) is 6.04 Å². The number of carbonyl (C=O) groups excluding carboxylic acids is 1. The third kappa shape index (κ3) is 1.70. The van der Waals surface area contributed by atoms with E-state index < -0.39 is 6.04 Å². The van der Waals surface area contributed by atoms with Crippen LogP contribution in [0.1, 0.15) is 6.42 Å². The van der Waals surface area contributed by atoms with Gasteiger partial charge in [-0.05, 0) is 0 Å². The summed E-state index contributed by atoms with van der Waals surface area (Å²) in [7, 11) is 0. The average Bonchev–Trinajstić information content (AvgIpc) is 2.31. The van der Waals surface area contributed by atoms with Crippen LogP contribution in [0.25, 0.3) is 0 Å². The maximum Gasteiger partial charge on any atom is 0.265 e. The van der Waals surface area contributed by atoms with Gasteiger partial charge in [-0.25, -0.2) is 5.06 Å². The van der Waals surface area contributed by atoms with E-state index in [0.717, 1.165) is 0 Å². The summed E-state index contributed by atoms with van der Waals surface area (Å²) in [5.74, 6) is 2.23. The van der Waals surface area contributed by atoms with Crippen LogP contribution < -0.4 is 5.73 Å². The summed E-state index contributed by atoms with van der Waals surface area (Å²) in [5.41, 5.74) is 5.37. The Hall–Kier alpha value is -1.05. The van der Waals surface area contributed by atoms with Gasteiger partial charge in [0.15, 0.2) is 0 Å². The van der Waals surface area contributed by atoms with E-state index in [1.165, 1.54) is 5.06 Å². The Labute approximate surface area is 65.3 Å². The molecule has 1 aliphatic heterocycles. The lowest BCUT2D eigenvalue weighted by atomic mass is 10.3. The highest BCUT2D eigenvalue weighted by atomic mass is 16.7. The molecule has 0 aromatic carbocycles. The lowest BCUT2D eigenvalue weighted by molar-refractivity contribution is -0.161. The van der Waals surface area contributed by atoms with Crippen LogP contribution >= 0.6 is 0 Å². The van der Waals surface area contributed by atoms with Crippen molar-refractivity contribution in [3.05, 3.63) is 0 Å². The zero-order valence-electron chi connectivity index (χ0n) is 6.12. The van der Waals surface area contributed by atoms with Crippen molar-refractivity contribution in [1.82, 2.24) is 5.06 Å². The van der Waals surface area contributed by atoms with Gasteiger partial charge in [0.05, 0.1) is 13.2 Å². The molecule has 1 fully saturated rings. The highest BCUT2D eigenvalue weighted by Gasteiger charge is 2.29. The molecule has 1 heterocycles. The molecule has 0 aromatic heterocycles. The molecule has 0 aromatic rings. The fourth-order valence-electron chi connectivity index (χ4n) is 0.831. The second-order valence-electron chi connectivity index (χ2n) is 2.30. The van der Waals surface area contributed by atoms with Crippen molar-refractivity contribution in [2.45, 2.75) is 12.5 Å². The lowest BCUT2D eigenvalue weighted by Crippen LogP contribution is -2.34. The topological polar surface area (TPSA) is 55.6 Å². The van der Waals surface area contributed by atoms with Gasteiger partial charge in [0.25, 0.3) is 5.91 Å². The maximum atomic E-state index is 11.0. The molecule has 0 radical (unpaired) electrons. The average molecular weight is 154 g/mol. The van der Waals surface area contributed by atoms with Gasteiger partial charge in [-0.2, -0.15) is 0 Å². The highest BCUT2D eigenvalue weighted by molar-refractivity contribution is 5.82. The molecule has 1 rings (SSSR count). The van der Waals surface area contributed by atoms with Crippen molar-refractivity contribution in [2.24, 2.45) is 5.73 Å². The highest BCUT2D eigenvalue weighted by Crippen LogP contribution is 2.05. The number of carbonyl (C=O) groups is 1. The summed E-state index contributed by atoms with van der Waals surface area (Å²) in [6, 6.07) is -0.507. The van der Waals surface area contributed by atoms with Gasteiger partial charge in [0, 0.05) is 6.42 Å². The van der Waals surface area contributed by atoms with Crippen LogP contribution in [0.5, 0.6) is 0 Å². The standard InChI is InChI=1S/C7H10N2O2/c1-2-3-4-9-7(10)6(8)5-11-9/h1,6H,3-5,8H2. The fraction of sp³-hybridized carbons (Fsp3) is 0.571. The lowest BCUT2D eigenvalue weighted by Gasteiger charge is -2.11. The van der Waals surface area contributed by atoms with Gasteiger partial charge in [-0.3, -0.25) is 9.63 Å². The molecule has 0 saturated carbocycles. The van der Waals surface area contributed by atoms with Gasteiger partial charge < -0.3 is 5.73 Å². The van der Waals surface area contributed by atoms with E-state index in [-0.39, 0.29) is 12.5 Å². The first kappa shape index (κ1) is 8.05. The number of amides is 1. The number of hydrogen-bond acceptors (Lipinski definition) is 3. The fourth-order valence-corrected chi connectivity index (χ4v) is 0.831. The second kappa shape index (κ2) is 3.37. The van der Waals surface area contributed by atoms with Gasteiger partial charge >= 0.3 is 0 Å². The summed E-state index contributed by atoms with van der Waals surface area (Å²) in [6.07, 6.45) is 5.51. The minimum Gasteiger partial charge on any atom is -0.318 e. The molecule has 0 spiro atoms. The third-order valence-corrected chi connectivity index (χ3v) is 1.43. The number of hydroxylamine groups is 2. The van der Waals surface area contributed by atoms with E-state index in [1.54, 1.807) is 0 Å². The molecular weight excluding hydrogens is 144 g/mol. The summed E-state index contributed by atoms with van der Waals surface area (Å²) in [4.78, 5) is 16.0. The van der Waals surface area contributed by atoms with Crippen molar-refractivity contribution < 1.29 is 9.63 Å². The van der Waals surface area contributed by atoms with Crippen molar-refractivity contribution in [1.29, 1.82) is 0 Å². The second-order valence-corrected chi connectivity index (χ2v) is 2.30. The smallest absolute Gasteiger partial charge is 0.265 e. The molecule has 1 amide bonds. The number of hydrogen-bond donors (Lipinski definition) is 1. The Morgan fingerprint density at radius 3 is 3.09 bits per heavy atom. The first-order valence-electron chi connectivity index (χ1n) is 3.39. The summed E-state index contributed by atoms with van der Waals surface area (Å²) in [6.45, 7) is 0.701. The molecule has 2 N–H and O–H groups in total.